The van der Waals surface area contributed by atoms with Crippen molar-refractivity contribution in [2.75, 3.05) is 0 Å². The van der Waals surface area contributed by atoms with Crippen molar-refractivity contribution in [1.29, 1.82) is 0 Å². The Morgan fingerprint density at radius 3 is 2.45 bits per heavy atom. The zero-order chi connectivity index (χ0) is 14.3. The van der Waals surface area contributed by atoms with Crippen molar-refractivity contribution in [3.8, 4) is 10.6 Å². The molecule has 0 unspecified atom stereocenters. The number of benzene rings is 2. The normalized spacial score (nSPS) is 10.9. The Morgan fingerprint density at radius 1 is 1.10 bits per heavy atom. The summed E-state index contributed by atoms with van der Waals surface area (Å²) in [7, 11) is 0. The van der Waals surface area contributed by atoms with Crippen LogP contribution in [0.2, 0.25) is 0 Å². The van der Waals surface area contributed by atoms with Crippen LogP contribution in [0.15, 0.2) is 36.4 Å². The molecule has 0 saturated heterocycles. The zero-order valence-corrected chi connectivity index (χ0v) is 12.0. The van der Waals surface area contributed by atoms with Crippen LogP contribution in [-0.2, 0) is 0 Å². The number of carboxylic acids is 1. The molecule has 1 heterocycles. The molecule has 0 bridgehead atoms. The number of aryl methyl sites for hydroxylation is 2. The Bertz CT molecular complexity index is 800. The summed E-state index contributed by atoms with van der Waals surface area (Å²) < 4.78 is 0.902. The van der Waals surface area contributed by atoms with Crippen LogP contribution in [0, 0.1) is 13.8 Å². The topological polar surface area (TPSA) is 50.2 Å². The van der Waals surface area contributed by atoms with E-state index < -0.39 is 5.97 Å². The van der Waals surface area contributed by atoms with Crippen molar-refractivity contribution < 1.29 is 9.90 Å². The second-order valence-electron chi connectivity index (χ2n) is 4.88. The number of hydrogen-bond donors (Lipinski definition) is 1. The number of aromatic nitrogens is 1. The summed E-state index contributed by atoms with van der Waals surface area (Å²) in [5.41, 5.74) is 4.62. The van der Waals surface area contributed by atoms with Gasteiger partial charge in [-0.15, -0.1) is 11.3 Å². The van der Waals surface area contributed by atoms with E-state index in [1.54, 1.807) is 18.2 Å². The molecule has 0 amide bonds. The molecule has 20 heavy (non-hydrogen) atoms. The van der Waals surface area contributed by atoms with E-state index in [1.807, 2.05) is 0 Å². The van der Waals surface area contributed by atoms with E-state index in [-0.39, 0.29) is 0 Å². The molecule has 4 heteroatoms. The summed E-state index contributed by atoms with van der Waals surface area (Å²) in [6.45, 7) is 4.12. The number of aromatic carboxylic acids is 1. The maximum absolute atomic E-state index is 11.0. The Labute approximate surface area is 120 Å². The van der Waals surface area contributed by atoms with Crippen molar-refractivity contribution in [3.63, 3.8) is 0 Å². The molecule has 0 spiro atoms. The molecule has 0 radical (unpaired) electrons. The molecule has 0 aliphatic heterocycles. The largest absolute Gasteiger partial charge is 0.478 e. The average molecular weight is 283 g/mol. The third-order valence-corrected chi connectivity index (χ3v) is 4.17. The molecule has 0 saturated carbocycles. The van der Waals surface area contributed by atoms with Crippen LogP contribution in [0.5, 0.6) is 0 Å². The Kier molecular flexibility index (Phi) is 3.03. The number of thiazole rings is 1. The SMILES string of the molecule is Cc1cc(C)cc(-c2nc3ccc(C(=O)O)cc3s2)c1. The maximum atomic E-state index is 11.0. The predicted molar refractivity (Wildman–Crippen MR) is 81.5 cm³/mol. The first-order valence-corrected chi connectivity index (χ1v) is 7.07. The fraction of sp³-hybridized carbons (Fsp3) is 0.125. The minimum Gasteiger partial charge on any atom is -0.478 e. The minimum absolute atomic E-state index is 0.299. The van der Waals surface area contributed by atoms with E-state index in [0.717, 1.165) is 20.8 Å². The van der Waals surface area contributed by atoms with Gasteiger partial charge in [0.1, 0.15) is 5.01 Å². The van der Waals surface area contributed by atoms with E-state index in [0.29, 0.717) is 5.56 Å². The fourth-order valence-electron chi connectivity index (χ4n) is 2.28. The molecule has 3 aromatic rings. The van der Waals surface area contributed by atoms with Gasteiger partial charge in [0.15, 0.2) is 0 Å². The monoisotopic (exact) mass is 283 g/mol. The van der Waals surface area contributed by atoms with Crippen molar-refractivity contribution in [2.45, 2.75) is 13.8 Å². The molecular formula is C16H13NO2S. The highest BCUT2D eigenvalue weighted by Crippen LogP contribution is 2.31. The van der Waals surface area contributed by atoms with Gasteiger partial charge in [0.2, 0.25) is 0 Å². The zero-order valence-electron chi connectivity index (χ0n) is 11.2. The number of hydrogen-bond acceptors (Lipinski definition) is 3. The van der Waals surface area contributed by atoms with Crippen molar-refractivity contribution >= 4 is 27.5 Å². The summed E-state index contributed by atoms with van der Waals surface area (Å²) in [6, 6.07) is 11.4. The van der Waals surface area contributed by atoms with Gasteiger partial charge in [-0.3, -0.25) is 0 Å². The highest BCUT2D eigenvalue weighted by Gasteiger charge is 2.10. The molecule has 0 aliphatic carbocycles. The first-order valence-electron chi connectivity index (χ1n) is 6.25. The molecule has 2 aromatic carbocycles. The Morgan fingerprint density at radius 2 is 1.80 bits per heavy atom. The van der Waals surface area contributed by atoms with E-state index >= 15 is 0 Å². The van der Waals surface area contributed by atoms with Crippen LogP contribution in [0.1, 0.15) is 21.5 Å². The van der Waals surface area contributed by atoms with E-state index in [2.05, 4.69) is 37.0 Å². The van der Waals surface area contributed by atoms with Crippen molar-refractivity contribution in [1.82, 2.24) is 4.98 Å². The Hall–Kier alpha value is -2.20. The molecule has 0 aliphatic rings. The van der Waals surface area contributed by atoms with Crippen LogP contribution in [0.3, 0.4) is 0 Å². The van der Waals surface area contributed by atoms with Gasteiger partial charge in [-0.25, -0.2) is 9.78 Å². The molecule has 0 atom stereocenters. The van der Waals surface area contributed by atoms with Crippen LogP contribution >= 0.6 is 11.3 Å². The van der Waals surface area contributed by atoms with Gasteiger partial charge in [-0.2, -0.15) is 0 Å². The number of carbonyl (C=O) groups is 1. The third-order valence-electron chi connectivity index (χ3n) is 3.10. The number of fused-ring (bicyclic) bond motifs is 1. The lowest BCUT2D eigenvalue weighted by molar-refractivity contribution is 0.0697. The maximum Gasteiger partial charge on any atom is 0.335 e. The summed E-state index contributed by atoms with van der Waals surface area (Å²) in [5.74, 6) is -0.909. The summed E-state index contributed by atoms with van der Waals surface area (Å²) in [4.78, 5) is 15.6. The van der Waals surface area contributed by atoms with Crippen LogP contribution < -0.4 is 0 Å². The standard InChI is InChI=1S/C16H13NO2S/c1-9-5-10(2)7-12(6-9)15-17-13-4-3-11(16(18)19)8-14(13)20-15/h3-8H,1-2H3,(H,18,19). The van der Waals surface area contributed by atoms with Gasteiger partial charge in [0.05, 0.1) is 15.8 Å². The summed E-state index contributed by atoms with van der Waals surface area (Å²) in [5, 5.41) is 9.95. The lowest BCUT2D eigenvalue weighted by Gasteiger charge is -2.00. The van der Waals surface area contributed by atoms with E-state index in [4.69, 9.17) is 5.11 Å². The highest BCUT2D eigenvalue weighted by atomic mass is 32.1. The summed E-state index contributed by atoms with van der Waals surface area (Å²) >= 11 is 1.52. The molecular weight excluding hydrogens is 270 g/mol. The lowest BCUT2D eigenvalue weighted by Crippen LogP contribution is -1.94. The van der Waals surface area contributed by atoms with Gasteiger partial charge in [0.25, 0.3) is 0 Å². The molecule has 1 N–H and O–H groups in total. The first kappa shape index (κ1) is 12.8. The minimum atomic E-state index is -0.909. The van der Waals surface area contributed by atoms with Gasteiger partial charge < -0.3 is 5.11 Å². The number of rotatable bonds is 2. The fourth-order valence-corrected chi connectivity index (χ4v) is 3.27. The molecule has 3 nitrogen and oxygen atoms in total. The van der Waals surface area contributed by atoms with Crippen LogP contribution in [0.4, 0.5) is 0 Å². The predicted octanol–water partition coefficient (Wildman–Crippen LogP) is 4.28. The molecule has 0 fully saturated rings. The molecule has 3 rings (SSSR count). The number of carboxylic acid groups (broad SMARTS) is 1. The lowest BCUT2D eigenvalue weighted by atomic mass is 10.1. The van der Waals surface area contributed by atoms with E-state index in [1.165, 1.54) is 22.5 Å². The second kappa shape index (κ2) is 4.72. The first-order chi connectivity index (χ1) is 9.52. The molecule has 100 valence electrons. The Balaban J connectivity index is 2.15. The highest BCUT2D eigenvalue weighted by molar-refractivity contribution is 7.21. The summed E-state index contributed by atoms with van der Waals surface area (Å²) in [6.07, 6.45) is 0. The quantitative estimate of drug-likeness (QED) is 0.763. The van der Waals surface area contributed by atoms with Crippen LogP contribution in [0.25, 0.3) is 20.8 Å². The average Bonchev–Trinajstić information content (AvgIpc) is 2.80. The van der Waals surface area contributed by atoms with Gasteiger partial charge in [-0.1, -0.05) is 17.2 Å². The number of nitrogens with zero attached hydrogens (tertiary/aromatic N) is 1. The van der Waals surface area contributed by atoms with Gasteiger partial charge in [-0.05, 0) is 44.2 Å². The van der Waals surface area contributed by atoms with E-state index in [9.17, 15) is 4.79 Å². The van der Waals surface area contributed by atoms with Gasteiger partial charge in [0, 0.05) is 5.56 Å². The molecule has 1 aromatic heterocycles. The smallest absolute Gasteiger partial charge is 0.335 e. The third kappa shape index (κ3) is 2.30. The van der Waals surface area contributed by atoms with Crippen molar-refractivity contribution in [3.05, 3.63) is 53.1 Å². The van der Waals surface area contributed by atoms with Gasteiger partial charge >= 0.3 is 5.97 Å². The van der Waals surface area contributed by atoms with Crippen molar-refractivity contribution in [2.24, 2.45) is 0 Å². The second-order valence-corrected chi connectivity index (χ2v) is 5.91. The van der Waals surface area contributed by atoms with Crippen LogP contribution in [-0.4, -0.2) is 16.1 Å².